The minimum Gasteiger partial charge on any atom is -0.393 e. The molecule has 0 saturated carbocycles. The Labute approximate surface area is 93.4 Å². The van der Waals surface area contributed by atoms with Crippen molar-refractivity contribution in [1.82, 2.24) is 10.3 Å². The highest BCUT2D eigenvalue weighted by Gasteiger charge is 2.07. The van der Waals surface area contributed by atoms with E-state index in [9.17, 15) is 4.79 Å². The molecule has 0 bridgehead atoms. The van der Waals surface area contributed by atoms with Crippen LogP contribution in [0.3, 0.4) is 0 Å². The van der Waals surface area contributed by atoms with Crippen LogP contribution in [0, 0.1) is 6.92 Å². The molecule has 0 aromatic carbocycles. The largest absolute Gasteiger partial charge is 0.393 e. The molecule has 1 amide bonds. The monoisotopic (exact) mass is 228 g/mol. The summed E-state index contributed by atoms with van der Waals surface area (Å²) >= 11 is 1.39. The van der Waals surface area contributed by atoms with E-state index in [2.05, 4.69) is 10.3 Å². The molecule has 4 nitrogen and oxygen atoms in total. The van der Waals surface area contributed by atoms with Gasteiger partial charge in [-0.05, 0) is 26.7 Å². The molecular weight excluding hydrogens is 212 g/mol. The number of rotatable bonds is 5. The Bertz CT molecular complexity index is 323. The topological polar surface area (TPSA) is 62.2 Å². The quantitative estimate of drug-likeness (QED) is 0.748. The van der Waals surface area contributed by atoms with E-state index >= 15 is 0 Å². The van der Waals surface area contributed by atoms with E-state index < -0.39 is 0 Å². The number of hydrogen-bond acceptors (Lipinski definition) is 4. The Morgan fingerprint density at radius 2 is 2.47 bits per heavy atom. The minimum atomic E-state index is -0.299. The Hall–Kier alpha value is -0.940. The van der Waals surface area contributed by atoms with Crippen LogP contribution in [-0.2, 0) is 0 Å². The molecule has 0 aliphatic heterocycles. The normalized spacial score (nSPS) is 12.5. The van der Waals surface area contributed by atoms with Crippen molar-refractivity contribution >= 4 is 17.2 Å². The summed E-state index contributed by atoms with van der Waals surface area (Å²) in [7, 11) is 0. The molecule has 1 unspecified atom stereocenters. The van der Waals surface area contributed by atoms with Crippen LogP contribution in [0.5, 0.6) is 0 Å². The fourth-order valence-electron chi connectivity index (χ4n) is 1.15. The van der Waals surface area contributed by atoms with Crippen LogP contribution in [0.15, 0.2) is 6.20 Å². The third-order valence-corrected chi connectivity index (χ3v) is 2.84. The lowest BCUT2D eigenvalue weighted by Gasteiger charge is -2.04. The molecule has 0 fully saturated rings. The van der Waals surface area contributed by atoms with Crippen LogP contribution < -0.4 is 5.32 Å². The second kappa shape index (κ2) is 5.82. The number of hydrogen-bond donors (Lipinski definition) is 2. The van der Waals surface area contributed by atoms with E-state index in [-0.39, 0.29) is 12.0 Å². The predicted octanol–water partition coefficient (Wildman–Crippen LogP) is 1.34. The minimum absolute atomic E-state index is 0.0776. The van der Waals surface area contributed by atoms with Gasteiger partial charge in [0.05, 0.1) is 17.3 Å². The standard InChI is InChI=1S/C10H16N2O2S/c1-7(13)4-3-5-11-10(14)9-6-12-8(2)15-9/h6-7,13H,3-5H2,1-2H3,(H,11,14). The van der Waals surface area contributed by atoms with Crippen LogP contribution in [-0.4, -0.2) is 28.6 Å². The summed E-state index contributed by atoms with van der Waals surface area (Å²) in [6, 6.07) is 0. The number of carbonyl (C=O) groups excluding carboxylic acids is 1. The van der Waals surface area contributed by atoms with Crippen molar-refractivity contribution < 1.29 is 9.90 Å². The Kier molecular flexibility index (Phi) is 4.71. The Morgan fingerprint density at radius 3 is 3.00 bits per heavy atom. The highest BCUT2D eigenvalue weighted by molar-refractivity contribution is 7.13. The first-order chi connectivity index (χ1) is 7.09. The second-order valence-corrected chi connectivity index (χ2v) is 4.73. The molecule has 2 N–H and O–H groups in total. The van der Waals surface area contributed by atoms with E-state index in [4.69, 9.17) is 5.11 Å². The molecule has 15 heavy (non-hydrogen) atoms. The predicted molar refractivity (Wildman–Crippen MR) is 60.1 cm³/mol. The molecule has 1 heterocycles. The number of aryl methyl sites for hydroxylation is 1. The van der Waals surface area contributed by atoms with Crippen LogP contribution in [0.25, 0.3) is 0 Å². The molecule has 0 aliphatic carbocycles. The lowest BCUT2D eigenvalue weighted by Crippen LogP contribution is -2.24. The van der Waals surface area contributed by atoms with Crippen LogP contribution >= 0.6 is 11.3 Å². The molecule has 0 aliphatic rings. The van der Waals surface area contributed by atoms with Gasteiger partial charge in [-0.25, -0.2) is 4.98 Å². The van der Waals surface area contributed by atoms with Crippen molar-refractivity contribution in [2.75, 3.05) is 6.54 Å². The smallest absolute Gasteiger partial charge is 0.263 e. The fourth-order valence-corrected chi connectivity index (χ4v) is 1.85. The molecule has 1 aromatic rings. The average molecular weight is 228 g/mol. The summed E-state index contributed by atoms with van der Waals surface area (Å²) in [5, 5.41) is 12.7. The van der Waals surface area contributed by atoms with Crippen LogP contribution in [0.4, 0.5) is 0 Å². The molecule has 0 spiro atoms. The number of aliphatic hydroxyl groups excluding tert-OH is 1. The molecule has 84 valence electrons. The second-order valence-electron chi connectivity index (χ2n) is 3.49. The third-order valence-electron chi connectivity index (χ3n) is 1.93. The SMILES string of the molecule is Cc1ncc(C(=O)NCCCC(C)O)s1. The number of nitrogens with zero attached hydrogens (tertiary/aromatic N) is 1. The van der Waals surface area contributed by atoms with Crippen molar-refractivity contribution in [3.8, 4) is 0 Å². The molecule has 0 radical (unpaired) electrons. The molecule has 1 rings (SSSR count). The van der Waals surface area contributed by atoms with Crippen molar-refractivity contribution in [2.45, 2.75) is 32.8 Å². The Balaban J connectivity index is 2.25. The van der Waals surface area contributed by atoms with Gasteiger partial charge in [-0.1, -0.05) is 0 Å². The van der Waals surface area contributed by atoms with Crippen LogP contribution in [0.2, 0.25) is 0 Å². The van der Waals surface area contributed by atoms with Gasteiger partial charge in [-0.15, -0.1) is 11.3 Å². The number of nitrogens with one attached hydrogen (secondary N) is 1. The van der Waals surface area contributed by atoms with Crippen molar-refractivity contribution in [3.05, 3.63) is 16.1 Å². The highest BCUT2D eigenvalue weighted by Crippen LogP contribution is 2.10. The molecule has 0 saturated heterocycles. The number of carbonyl (C=O) groups is 1. The number of thiazole rings is 1. The fraction of sp³-hybridized carbons (Fsp3) is 0.600. The summed E-state index contributed by atoms with van der Waals surface area (Å²) in [5.74, 6) is -0.0776. The van der Waals surface area contributed by atoms with E-state index in [1.54, 1.807) is 13.1 Å². The zero-order valence-corrected chi connectivity index (χ0v) is 9.80. The summed E-state index contributed by atoms with van der Waals surface area (Å²) in [5.41, 5.74) is 0. The van der Waals surface area contributed by atoms with Crippen molar-refractivity contribution in [3.63, 3.8) is 0 Å². The average Bonchev–Trinajstić information content (AvgIpc) is 2.59. The van der Waals surface area contributed by atoms with Gasteiger partial charge in [0.15, 0.2) is 0 Å². The molecule has 1 aromatic heterocycles. The third kappa shape index (κ3) is 4.40. The van der Waals surface area contributed by atoms with Gasteiger partial charge in [-0.3, -0.25) is 4.79 Å². The van der Waals surface area contributed by atoms with Gasteiger partial charge in [-0.2, -0.15) is 0 Å². The summed E-state index contributed by atoms with van der Waals surface area (Å²) < 4.78 is 0. The van der Waals surface area contributed by atoms with Gasteiger partial charge >= 0.3 is 0 Å². The molecule has 1 atom stereocenters. The van der Waals surface area contributed by atoms with Crippen LogP contribution in [0.1, 0.15) is 34.4 Å². The van der Waals surface area contributed by atoms with Gasteiger partial charge in [0.2, 0.25) is 0 Å². The van der Waals surface area contributed by atoms with Gasteiger partial charge in [0, 0.05) is 6.54 Å². The number of aromatic nitrogens is 1. The zero-order valence-electron chi connectivity index (χ0n) is 8.99. The first-order valence-electron chi connectivity index (χ1n) is 4.98. The first kappa shape index (κ1) is 12.1. The van der Waals surface area contributed by atoms with Gasteiger partial charge in [0.25, 0.3) is 5.91 Å². The Morgan fingerprint density at radius 1 is 1.73 bits per heavy atom. The zero-order chi connectivity index (χ0) is 11.3. The number of amides is 1. The molecular formula is C10H16N2O2S. The van der Waals surface area contributed by atoms with E-state index in [0.717, 1.165) is 11.4 Å². The maximum Gasteiger partial charge on any atom is 0.263 e. The van der Waals surface area contributed by atoms with Gasteiger partial charge < -0.3 is 10.4 Å². The summed E-state index contributed by atoms with van der Waals surface area (Å²) in [6.45, 7) is 4.21. The van der Waals surface area contributed by atoms with E-state index in [1.807, 2.05) is 6.92 Å². The molecule has 5 heteroatoms. The summed E-state index contributed by atoms with van der Waals surface area (Å²) in [4.78, 5) is 16.2. The summed E-state index contributed by atoms with van der Waals surface area (Å²) in [6.07, 6.45) is 2.79. The van der Waals surface area contributed by atoms with Crippen molar-refractivity contribution in [1.29, 1.82) is 0 Å². The lowest BCUT2D eigenvalue weighted by molar-refractivity contribution is 0.0953. The first-order valence-corrected chi connectivity index (χ1v) is 5.80. The van der Waals surface area contributed by atoms with E-state index in [1.165, 1.54) is 11.3 Å². The lowest BCUT2D eigenvalue weighted by atomic mass is 10.2. The highest BCUT2D eigenvalue weighted by atomic mass is 32.1. The van der Waals surface area contributed by atoms with E-state index in [0.29, 0.717) is 17.8 Å². The van der Waals surface area contributed by atoms with Crippen molar-refractivity contribution in [2.24, 2.45) is 0 Å². The van der Waals surface area contributed by atoms with Gasteiger partial charge in [0.1, 0.15) is 4.88 Å². The maximum atomic E-state index is 11.5. The number of aliphatic hydroxyl groups is 1. The maximum absolute atomic E-state index is 11.5.